The second-order valence-electron chi connectivity index (χ2n) is 6.14. The number of aromatic nitrogens is 3. The first kappa shape index (κ1) is 18.5. The second kappa shape index (κ2) is 7.28. The highest BCUT2D eigenvalue weighted by atomic mass is 32.2. The van der Waals surface area contributed by atoms with Crippen LogP contribution in [0.5, 0.6) is 0 Å². The number of sulfonamides is 1. The summed E-state index contributed by atoms with van der Waals surface area (Å²) in [6, 6.07) is 7.36. The smallest absolute Gasteiger partial charge is 0.232 e. The third-order valence-corrected chi connectivity index (χ3v) is 6.48. The molecule has 8 nitrogen and oxygen atoms in total. The molecule has 3 aromatic rings. The van der Waals surface area contributed by atoms with Crippen LogP contribution in [0.25, 0.3) is 21.1 Å². The largest absolute Gasteiger partial charge is 0.399 e. The molecule has 0 fully saturated rings. The summed E-state index contributed by atoms with van der Waals surface area (Å²) in [5, 5.41) is 4.88. The molecule has 4 rings (SSSR count). The molecule has 0 unspecified atom stereocenters. The summed E-state index contributed by atoms with van der Waals surface area (Å²) in [4.78, 5) is 19.1. The average Bonchev–Trinajstić information content (AvgIpc) is 3.18. The average molecular weight is 416 g/mol. The number of thiazole rings is 1. The van der Waals surface area contributed by atoms with Crippen LogP contribution in [-0.2, 0) is 14.9 Å². The van der Waals surface area contributed by atoms with Gasteiger partial charge < -0.3 is 4.84 Å². The molecular formula is C18H17N5O3S2. The first-order valence-corrected chi connectivity index (χ1v) is 11.1. The Labute approximate surface area is 166 Å². The summed E-state index contributed by atoms with van der Waals surface area (Å²) in [6.07, 6.45) is 6.84. The van der Waals surface area contributed by atoms with Gasteiger partial charge in [0.2, 0.25) is 10.0 Å². The summed E-state index contributed by atoms with van der Waals surface area (Å²) in [7, 11) is -1.95. The van der Waals surface area contributed by atoms with Gasteiger partial charge in [-0.05, 0) is 24.3 Å². The molecule has 144 valence electrons. The lowest BCUT2D eigenvalue weighted by atomic mass is 10.1. The lowest BCUT2D eigenvalue weighted by molar-refractivity contribution is 0.212. The zero-order valence-electron chi connectivity index (χ0n) is 15.2. The van der Waals surface area contributed by atoms with Gasteiger partial charge in [-0.1, -0.05) is 5.16 Å². The van der Waals surface area contributed by atoms with Crippen LogP contribution in [-0.4, -0.2) is 49.0 Å². The minimum atomic E-state index is -3.41. The number of anilines is 1. The predicted octanol–water partition coefficient (Wildman–Crippen LogP) is 2.79. The molecule has 0 N–H and O–H groups in total. The summed E-state index contributed by atoms with van der Waals surface area (Å²) in [5.74, 6) is 0. The molecule has 0 amide bonds. The van der Waals surface area contributed by atoms with Crippen LogP contribution in [0.3, 0.4) is 0 Å². The maximum atomic E-state index is 12.1. The standard InChI is InChI=1S/C18H17N5O3S2/c1-26-22-14-7-9-23(28(2,24)25)15-6-5-13(21-17(14)15)16-11-20-18(27-16)12-4-3-8-19-10-12/h3-6,8,10-11H,7,9H2,1-2H3. The normalized spacial score (nSPS) is 15.5. The fourth-order valence-electron chi connectivity index (χ4n) is 3.01. The van der Waals surface area contributed by atoms with Crippen molar-refractivity contribution in [1.29, 1.82) is 0 Å². The number of rotatable bonds is 4. The maximum absolute atomic E-state index is 12.1. The van der Waals surface area contributed by atoms with Gasteiger partial charge in [0.15, 0.2) is 0 Å². The van der Waals surface area contributed by atoms with Gasteiger partial charge in [-0.15, -0.1) is 11.3 Å². The molecule has 0 saturated heterocycles. The van der Waals surface area contributed by atoms with Crippen molar-refractivity contribution in [3.63, 3.8) is 0 Å². The zero-order valence-corrected chi connectivity index (χ0v) is 16.9. The Hall–Kier alpha value is -2.85. The van der Waals surface area contributed by atoms with Gasteiger partial charge in [-0.2, -0.15) is 0 Å². The third-order valence-electron chi connectivity index (χ3n) is 4.24. The van der Waals surface area contributed by atoms with Crippen LogP contribution in [0.4, 0.5) is 5.69 Å². The molecule has 4 heterocycles. The Morgan fingerprint density at radius 3 is 2.82 bits per heavy atom. The van der Waals surface area contributed by atoms with Crippen LogP contribution in [0.2, 0.25) is 0 Å². The monoisotopic (exact) mass is 415 g/mol. The molecule has 10 heteroatoms. The minimum absolute atomic E-state index is 0.306. The fraction of sp³-hybridized carbons (Fsp3) is 0.222. The van der Waals surface area contributed by atoms with Gasteiger partial charge in [-0.25, -0.2) is 18.4 Å². The molecule has 28 heavy (non-hydrogen) atoms. The Morgan fingerprint density at radius 1 is 1.25 bits per heavy atom. The quantitative estimate of drug-likeness (QED) is 0.608. The molecule has 0 saturated carbocycles. The van der Waals surface area contributed by atoms with E-state index in [0.29, 0.717) is 35.8 Å². The topological polar surface area (TPSA) is 97.6 Å². The Balaban J connectivity index is 1.78. The van der Waals surface area contributed by atoms with E-state index in [2.05, 4.69) is 15.1 Å². The molecule has 3 aromatic heterocycles. The van der Waals surface area contributed by atoms with E-state index in [1.807, 2.05) is 12.1 Å². The molecule has 0 aromatic carbocycles. The van der Waals surface area contributed by atoms with Gasteiger partial charge in [0.25, 0.3) is 0 Å². The van der Waals surface area contributed by atoms with Crippen molar-refractivity contribution >= 4 is 32.8 Å². The highest BCUT2D eigenvalue weighted by Crippen LogP contribution is 2.34. The van der Waals surface area contributed by atoms with Crippen molar-refractivity contribution in [2.24, 2.45) is 5.16 Å². The Bertz CT molecular complexity index is 1140. The molecule has 0 atom stereocenters. The zero-order chi connectivity index (χ0) is 19.7. The van der Waals surface area contributed by atoms with Crippen LogP contribution in [0, 0.1) is 0 Å². The molecule has 1 aliphatic rings. The fourth-order valence-corrected chi connectivity index (χ4v) is 4.81. The van der Waals surface area contributed by atoms with Crippen molar-refractivity contribution in [3.05, 3.63) is 48.5 Å². The van der Waals surface area contributed by atoms with Crippen LogP contribution < -0.4 is 4.31 Å². The summed E-state index contributed by atoms with van der Waals surface area (Å²) in [6.45, 7) is 0.306. The van der Waals surface area contributed by atoms with Crippen molar-refractivity contribution in [1.82, 2.24) is 15.0 Å². The lowest BCUT2D eigenvalue weighted by Gasteiger charge is -2.29. The van der Waals surface area contributed by atoms with Crippen LogP contribution in [0.15, 0.2) is 48.0 Å². The molecule has 0 radical (unpaired) electrons. The molecule has 0 aliphatic carbocycles. The van der Waals surface area contributed by atoms with E-state index in [9.17, 15) is 8.42 Å². The number of oxime groups is 1. The van der Waals surface area contributed by atoms with Gasteiger partial charge in [-0.3, -0.25) is 9.29 Å². The van der Waals surface area contributed by atoms with Crippen LogP contribution in [0.1, 0.15) is 12.1 Å². The molecule has 0 bridgehead atoms. The van der Waals surface area contributed by atoms with E-state index in [4.69, 9.17) is 9.82 Å². The summed E-state index contributed by atoms with van der Waals surface area (Å²) in [5.41, 5.74) is 3.26. The van der Waals surface area contributed by atoms with Gasteiger partial charge in [0, 0.05) is 37.1 Å². The minimum Gasteiger partial charge on any atom is -0.399 e. The lowest BCUT2D eigenvalue weighted by Crippen LogP contribution is -2.37. The van der Waals surface area contributed by atoms with Crippen molar-refractivity contribution in [2.75, 3.05) is 24.2 Å². The van der Waals surface area contributed by atoms with E-state index >= 15 is 0 Å². The van der Waals surface area contributed by atoms with Gasteiger partial charge in [0.05, 0.1) is 22.5 Å². The molecular weight excluding hydrogens is 398 g/mol. The molecule has 0 spiro atoms. The number of hydrogen-bond donors (Lipinski definition) is 0. The Morgan fingerprint density at radius 2 is 2.11 bits per heavy atom. The highest BCUT2D eigenvalue weighted by Gasteiger charge is 2.29. The predicted molar refractivity (Wildman–Crippen MR) is 109 cm³/mol. The number of pyridine rings is 2. The van der Waals surface area contributed by atoms with E-state index in [0.717, 1.165) is 15.4 Å². The van der Waals surface area contributed by atoms with E-state index in [1.54, 1.807) is 30.7 Å². The van der Waals surface area contributed by atoms with Crippen molar-refractivity contribution < 1.29 is 13.3 Å². The maximum Gasteiger partial charge on any atom is 0.232 e. The SMILES string of the molecule is CON=C1CCN(S(C)(=O)=O)c2ccc(-c3cnc(-c4cccnc4)s3)nc21. The second-order valence-corrected chi connectivity index (χ2v) is 9.08. The highest BCUT2D eigenvalue weighted by molar-refractivity contribution is 7.92. The van der Waals surface area contributed by atoms with Gasteiger partial charge in [0.1, 0.15) is 23.5 Å². The first-order valence-electron chi connectivity index (χ1n) is 8.43. The van der Waals surface area contributed by atoms with E-state index in [1.165, 1.54) is 29.0 Å². The summed E-state index contributed by atoms with van der Waals surface area (Å²) >= 11 is 1.49. The third kappa shape index (κ3) is 3.48. The number of fused-ring (bicyclic) bond motifs is 1. The van der Waals surface area contributed by atoms with Gasteiger partial charge >= 0.3 is 0 Å². The number of hydrogen-bond acceptors (Lipinski definition) is 8. The Kier molecular flexibility index (Phi) is 4.82. The van der Waals surface area contributed by atoms with E-state index in [-0.39, 0.29) is 0 Å². The van der Waals surface area contributed by atoms with Crippen molar-refractivity contribution in [2.45, 2.75) is 6.42 Å². The van der Waals surface area contributed by atoms with Crippen LogP contribution >= 0.6 is 11.3 Å². The van der Waals surface area contributed by atoms with Crippen molar-refractivity contribution in [3.8, 4) is 21.1 Å². The number of nitrogens with zero attached hydrogens (tertiary/aromatic N) is 5. The summed E-state index contributed by atoms with van der Waals surface area (Å²) < 4.78 is 25.6. The first-order chi connectivity index (χ1) is 13.5. The molecule has 1 aliphatic heterocycles. The van der Waals surface area contributed by atoms with E-state index < -0.39 is 10.0 Å².